The average molecular weight is 339 g/mol. The summed E-state index contributed by atoms with van der Waals surface area (Å²) in [6.07, 6.45) is 12.1. The number of nitrogens with zero attached hydrogens (tertiary/aromatic N) is 1. The van der Waals surface area contributed by atoms with E-state index in [1.165, 1.54) is 19.3 Å². The van der Waals surface area contributed by atoms with E-state index >= 15 is 0 Å². The number of unbranched alkanes of at least 4 members (excludes halogenated alkanes) is 6. The lowest BCUT2D eigenvalue weighted by Gasteiger charge is -2.38. The average Bonchev–Trinajstić information content (AvgIpc) is 2.40. The van der Waals surface area contributed by atoms with Crippen molar-refractivity contribution in [3.05, 3.63) is 12.2 Å². The highest BCUT2D eigenvalue weighted by molar-refractivity contribution is 5.69. The Morgan fingerprint density at radius 2 is 1.67 bits per heavy atom. The lowest BCUT2D eigenvalue weighted by molar-refractivity contribution is -0.137. The number of carboxylic acids is 1. The smallest absolute Gasteiger partial charge is 0.410 e. The summed E-state index contributed by atoms with van der Waals surface area (Å²) in [5, 5.41) is 8.54. The molecule has 0 bridgehead atoms. The van der Waals surface area contributed by atoms with E-state index in [4.69, 9.17) is 9.84 Å². The van der Waals surface area contributed by atoms with E-state index in [0.29, 0.717) is 12.3 Å². The largest absolute Gasteiger partial charge is 0.481 e. The summed E-state index contributed by atoms with van der Waals surface area (Å²) in [4.78, 5) is 23.9. The maximum absolute atomic E-state index is 11.8. The summed E-state index contributed by atoms with van der Waals surface area (Å²) in [6.45, 7) is 7.17. The molecule has 1 aliphatic rings. The molecule has 0 aliphatic carbocycles. The summed E-state index contributed by atoms with van der Waals surface area (Å²) in [6, 6.07) is 0. The second-order valence-corrected chi connectivity index (χ2v) is 7.63. The van der Waals surface area contributed by atoms with Crippen LogP contribution in [0.1, 0.15) is 72.1 Å². The number of carbonyl (C=O) groups is 2. The SMILES string of the molecule is CC(C)(C)OC(=O)N1CC(C=CCCCCCCCCC(=O)O)C1. The van der Waals surface area contributed by atoms with Crippen LogP contribution in [-0.4, -0.2) is 40.8 Å². The van der Waals surface area contributed by atoms with Gasteiger partial charge in [0.15, 0.2) is 0 Å². The molecule has 0 saturated carbocycles. The first-order chi connectivity index (χ1) is 11.3. The highest BCUT2D eigenvalue weighted by Crippen LogP contribution is 2.20. The third-order valence-electron chi connectivity index (χ3n) is 3.98. The number of allylic oxidation sites excluding steroid dienone is 1. The van der Waals surface area contributed by atoms with Crippen LogP contribution in [0.25, 0.3) is 0 Å². The molecule has 1 rings (SSSR count). The van der Waals surface area contributed by atoms with Crippen molar-refractivity contribution in [2.24, 2.45) is 5.92 Å². The molecule has 1 fully saturated rings. The molecule has 5 nitrogen and oxygen atoms in total. The van der Waals surface area contributed by atoms with Crippen LogP contribution in [0.5, 0.6) is 0 Å². The van der Waals surface area contributed by atoms with Gasteiger partial charge in [0.1, 0.15) is 5.60 Å². The fraction of sp³-hybridized carbons (Fsp3) is 0.789. The van der Waals surface area contributed by atoms with Crippen LogP contribution in [0.15, 0.2) is 12.2 Å². The van der Waals surface area contributed by atoms with Gasteiger partial charge in [0, 0.05) is 25.4 Å². The third-order valence-corrected chi connectivity index (χ3v) is 3.98. The molecule has 5 heteroatoms. The Bertz CT molecular complexity index is 420. The molecule has 138 valence electrons. The molecular weight excluding hydrogens is 306 g/mol. The van der Waals surface area contributed by atoms with Crippen LogP contribution >= 0.6 is 0 Å². The molecule has 0 atom stereocenters. The Morgan fingerprint density at radius 1 is 1.08 bits per heavy atom. The Kier molecular flexibility index (Phi) is 8.87. The first-order valence-corrected chi connectivity index (χ1v) is 9.14. The molecule has 1 saturated heterocycles. The third kappa shape index (κ3) is 9.58. The highest BCUT2D eigenvalue weighted by atomic mass is 16.6. The van der Waals surface area contributed by atoms with Crippen LogP contribution < -0.4 is 0 Å². The number of carbonyl (C=O) groups excluding carboxylic acids is 1. The number of hydrogen-bond acceptors (Lipinski definition) is 3. The fourth-order valence-corrected chi connectivity index (χ4v) is 2.64. The molecule has 1 aliphatic heterocycles. The fourth-order valence-electron chi connectivity index (χ4n) is 2.64. The van der Waals surface area contributed by atoms with Gasteiger partial charge in [0.25, 0.3) is 0 Å². The minimum atomic E-state index is -0.693. The van der Waals surface area contributed by atoms with E-state index in [9.17, 15) is 9.59 Å². The molecular formula is C19H33NO4. The van der Waals surface area contributed by atoms with E-state index < -0.39 is 11.6 Å². The van der Waals surface area contributed by atoms with Crippen molar-refractivity contribution in [1.29, 1.82) is 0 Å². The number of rotatable bonds is 10. The summed E-state index contributed by atoms with van der Waals surface area (Å²) in [5.74, 6) is -0.227. The van der Waals surface area contributed by atoms with Crippen molar-refractivity contribution in [2.75, 3.05) is 13.1 Å². The Labute approximate surface area is 146 Å². The molecule has 0 spiro atoms. The minimum Gasteiger partial charge on any atom is -0.481 e. The molecule has 1 amide bonds. The standard InChI is InChI=1S/C19H33NO4/c1-19(2,3)24-18(23)20-14-16(15-20)12-10-8-6-4-5-7-9-11-13-17(21)22/h10,12,16H,4-9,11,13-15H2,1-3H3,(H,21,22). The van der Waals surface area contributed by atoms with Crippen molar-refractivity contribution in [1.82, 2.24) is 4.90 Å². The molecule has 0 radical (unpaired) electrons. The lowest BCUT2D eigenvalue weighted by atomic mass is 9.99. The van der Waals surface area contributed by atoms with Crippen molar-refractivity contribution in [3.63, 3.8) is 0 Å². The Hall–Kier alpha value is -1.52. The normalized spacial score (nSPS) is 15.5. The van der Waals surface area contributed by atoms with E-state index in [1.54, 1.807) is 4.90 Å². The van der Waals surface area contributed by atoms with E-state index in [1.807, 2.05) is 20.8 Å². The van der Waals surface area contributed by atoms with Crippen LogP contribution in [0.2, 0.25) is 0 Å². The monoisotopic (exact) mass is 339 g/mol. The summed E-state index contributed by atoms with van der Waals surface area (Å²) in [7, 11) is 0. The number of aliphatic carboxylic acids is 1. The topological polar surface area (TPSA) is 66.8 Å². The second-order valence-electron chi connectivity index (χ2n) is 7.63. The van der Waals surface area contributed by atoms with Gasteiger partial charge in [-0.05, 0) is 40.0 Å². The molecule has 24 heavy (non-hydrogen) atoms. The maximum Gasteiger partial charge on any atom is 0.410 e. The van der Waals surface area contributed by atoms with E-state index in [0.717, 1.165) is 38.8 Å². The van der Waals surface area contributed by atoms with Gasteiger partial charge in [-0.3, -0.25) is 4.79 Å². The van der Waals surface area contributed by atoms with Crippen molar-refractivity contribution < 1.29 is 19.4 Å². The molecule has 0 aromatic rings. The summed E-state index contributed by atoms with van der Waals surface area (Å²) < 4.78 is 5.33. The quantitative estimate of drug-likeness (QED) is 0.466. The van der Waals surface area contributed by atoms with Gasteiger partial charge in [-0.25, -0.2) is 4.79 Å². The number of likely N-dealkylation sites (tertiary alicyclic amines) is 1. The zero-order valence-corrected chi connectivity index (χ0v) is 15.4. The van der Waals surface area contributed by atoms with Gasteiger partial charge < -0.3 is 14.7 Å². The van der Waals surface area contributed by atoms with Gasteiger partial charge >= 0.3 is 12.1 Å². The Morgan fingerprint density at radius 3 is 2.25 bits per heavy atom. The zero-order chi connectivity index (χ0) is 18.0. The van der Waals surface area contributed by atoms with Gasteiger partial charge in [-0.15, -0.1) is 0 Å². The number of amides is 1. The van der Waals surface area contributed by atoms with Gasteiger partial charge in [0.2, 0.25) is 0 Å². The number of hydrogen-bond donors (Lipinski definition) is 1. The van der Waals surface area contributed by atoms with Crippen LogP contribution in [0, 0.1) is 5.92 Å². The van der Waals surface area contributed by atoms with Gasteiger partial charge in [-0.2, -0.15) is 0 Å². The first-order valence-electron chi connectivity index (χ1n) is 9.14. The summed E-state index contributed by atoms with van der Waals surface area (Å²) in [5.41, 5.74) is -0.425. The molecule has 0 unspecified atom stereocenters. The van der Waals surface area contributed by atoms with Crippen molar-refractivity contribution in [3.8, 4) is 0 Å². The summed E-state index contributed by atoms with van der Waals surface area (Å²) >= 11 is 0. The van der Waals surface area contributed by atoms with Crippen LogP contribution in [0.3, 0.4) is 0 Å². The van der Waals surface area contributed by atoms with Crippen LogP contribution in [0.4, 0.5) is 4.79 Å². The maximum atomic E-state index is 11.8. The first kappa shape index (κ1) is 20.5. The second kappa shape index (κ2) is 10.4. The molecule has 1 N–H and O–H groups in total. The van der Waals surface area contributed by atoms with Crippen molar-refractivity contribution >= 4 is 12.1 Å². The van der Waals surface area contributed by atoms with Crippen LogP contribution in [-0.2, 0) is 9.53 Å². The van der Waals surface area contributed by atoms with Gasteiger partial charge in [-0.1, -0.05) is 37.8 Å². The Balaban J connectivity index is 1.94. The molecule has 0 aromatic heterocycles. The van der Waals surface area contributed by atoms with E-state index in [2.05, 4.69) is 12.2 Å². The van der Waals surface area contributed by atoms with Crippen molar-refractivity contribution in [2.45, 2.75) is 77.7 Å². The minimum absolute atomic E-state index is 0.213. The highest BCUT2D eigenvalue weighted by Gasteiger charge is 2.31. The van der Waals surface area contributed by atoms with E-state index in [-0.39, 0.29) is 6.09 Å². The predicted molar refractivity (Wildman–Crippen MR) is 95.0 cm³/mol. The lowest BCUT2D eigenvalue weighted by Crippen LogP contribution is -2.50. The molecule has 0 aromatic carbocycles. The molecule has 1 heterocycles. The zero-order valence-electron chi connectivity index (χ0n) is 15.4. The number of ether oxygens (including phenoxy) is 1. The predicted octanol–water partition coefficient (Wildman–Crippen LogP) is 4.61. The number of carboxylic acid groups (broad SMARTS) is 1. The van der Waals surface area contributed by atoms with Gasteiger partial charge in [0.05, 0.1) is 0 Å².